The minimum atomic E-state index is -0.708. The van der Waals surface area contributed by atoms with Crippen LogP contribution in [0.3, 0.4) is 0 Å². The number of halogens is 1. The van der Waals surface area contributed by atoms with Crippen LogP contribution in [-0.4, -0.2) is 48.6 Å². The standard InChI is InChI=1S/C26H30ClNO5/c1-4-5-15-33-21-12-9-19(16-17(21)2)24(29)22-23(18-7-10-20(27)11-8-18)28(13-6-14-32-3)26(31)25(22)30/h7-12,16,23,29H,4-6,13-15H2,1-3H3. The van der Waals surface area contributed by atoms with Gasteiger partial charge in [-0.25, -0.2) is 0 Å². The average Bonchev–Trinajstić information content (AvgIpc) is 3.05. The van der Waals surface area contributed by atoms with Crippen LogP contribution in [0.5, 0.6) is 5.75 Å². The molecule has 1 atom stereocenters. The van der Waals surface area contributed by atoms with E-state index in [2.05, 4.69) is 6.92 Å². The second-order valence-corrected chi connectivity index (χ2v) is 8.51. The molecule has 1 saturated heterocycles. The van der Waals surface area contributed by atoms with Gasteiger partial charge in [0.2, 0.25) is 0 Å². The molecule has 6 nitrogen and oxygen atoms in total. The summed E-state index contributed by atoms with van der Waals surface area (Å²) < 4.78 is 10.9. The zero-order chi connectivity index (χ0) is 24.0. The molecule has 3 rings (SSSR count). The van der Waals surface area contributed by atoms with Gasteiger partial charge in [-0.1, -0.05) is 37.1 Å². The van der Waals surface area contributed by atoms with Gasteiger partial charge in [0, 0.05) is 30.8 Å². The van der Waals surface area contributed by atoms with E-state index in [9.17, 15) is 14.7 Å². The Morgan fingerprint density at radius 3 is 2.45 bits per heavy atom. The van der Waals surface area contributed by atoms with Crippen LogP contribution in [0.15, 0.2) is 48.0 Å². The number of hydrogen-bond donors (Lipinski definition) is 1. The number of ether oxygens (including phenoxy) is 2. The predicted molar refractivity (Wildman–Crippen MR) is 129 cm³/mol. The van der Waals surface area contributed by atoms with E-state index in [-0.39, 0.29) is 11.3 Å². The van der Waals surface area contributed by atoms with E-state index in [1.165, 1.54) is 4.90 Å². The van der Waals surface area contributed by atoms with Crippen LogP contribution in [0.4, 0.5) is 0 Å². The molecule has 0 bridgehead atoms. The van der Waals surface area contributed by atoms with Gasteiger partial charge in [-0.15, -0.1) is 0 Å². The minimum Gasteiger partial charge on any atom is -0.507 e. The second kappa shape index (κ2) is 11.3. The number of aliphatic hydroxyl groups excluding tert-OH is 1. The zero-order valence-corrected chi connectivity index (χ0v) is 20.0. The van der Waals surface area contributed by atoms with Gasteiger partial charge >= 0.3 is 0 Å². The largest absolute Gasteiger partial charge is 0.507 e. The van der Waals surface area contributed by atoms with Crippen molar-refractivity contribution in [2.24, 2.45) is 0 Å². The maximum absolute atomic E-state index is 13.0. The van der Waals surface area contributed by atoms with Gasteiger partial charge in [-0.05, 0) is 61.2 Å². The van der Waals surface area contributed by atoms with Crippen molar-refractivity contribution in [2.45, 2.75) is 39.2 Å². The second-order valence-electron chi connectivity index (χ2n) is 8.07. The molecule has 0 saturated carbocycles. The van der Waals surface area contributed by atoms with Crippen molar-refractivity contribution in [1.82, 2.24) is 4.90 Å². The van der Waals surface area contributed by atoms with Gasteiger partial charge in [-0.2, -0.15) is 0 Å². The van der Waals surface area contributed by atoms with Gasteiger partial charge in [0.1, 0.15) is 11.5 Å². The molecule has 2 aromatic carbocycles. The molecule has 1 amide bonds. The molecule has 1 fully saturated rings. The Bertz CT molecular complexity index is 1030. The quantitative estimate of drug-likeness (QED) is 0.220. The summed E-state index contributed by atoms with van der Waals surface area (Å²) in [5.74, 6) is -0.811. The lowest BCUT2D eigenvalue weighted by atomic mass is 9.94. The minimum absolute atomic E-state index is 0.0683. The lowest BCUT2D eigenvalue weighted by Gasteiger charge is -2.25. The number of carbonyl (C=O) groups is 2. The zero-order valence-electron chi connectivity index (χ0n) is 19.3. The normalized spacial score (nSPS) is 17.6. The highest BCUT2D eigenvalue weighted by atomic mass is 35.5. The first kappa shape index (κ1) is 24.8. The Morgan fingerprint density at radius 2 is 1.82 bits per heavy atom. The number of Topliss-reactive ketones (excluding diaryl/α,β-unsaturated/α-hetero) is 1. The molecule has 1 aliphatic heterocycles. The Kier molecular flexibility index (Phi) is 8.53. The van der Waals surface area contributed by atoms with Crippen molar-refractivity contribution >= 4 is 29.1 Å². The Morgan fingerprint density at radius 1 is 1.09 bits per heavy atom. The van der Waals surface area contributed by atoms with Crippen molar-refractivity contribution < 1.29 is 24.2 Å². The van der Waals surface area contributed by atoms with Gasteiger partial charge in [0.05, 0.1) is 18.2 Å². The molecule has 176 valence electrons. The summed E-state index contributed by atoms with van der Waals surface area (Å²) >= 11 is 6.05. The fourth-order valence-corrected chi connectivity index (χ4v) is 4.05. The molecule has 1 N–H and O–H groups in total. The van der Waals surface area contributed by atoms with E-state index < -0.39 is 17.7 Å². The predicted octanol–water partition coefficient (Wildman–Crippen LogP) is 5.29. The lowest BCUT2D eigenvalue weighted by molar-refractivity contribution is -0.140. The summed E-state index contributed by atoms with van der Waals surface area (Å²) in [6.45, 7) is 5.38. The highest BCUT2D eigenvalue weighted by molar-refractivity contribution is 6.46. The lowest BCUT2D eigenvalue weighted by Crippen LogP contribution is -2.31. The first-order valence-electron chi connectivity index (χ1n) is 11.2. The first-order valence-corrected chi connectivity index (χ1v) is 11.5. The van der Waals surface area contributed by atoms with Crippen LogP contribution >= 0.6 is 11.6 Å². The van der Waals surface area contributed by atoms with Gasteiger partial charge in [-0.3, -0.25) is 9.59 Å². The number of carbonyl (C=O) groups excluding carboxylic acids is 2. The van der Waals surface area contributed by atoms with Crippen molar-refractivity contribution in [2.75, 3.05) is 26.9 Å². The molecule has 0 spiro atoms. The monoisotopic (exact) mass is 471 g/mol. The molecule has 1 unspecified atom stereocenters. The summed E-state index contributed by atoms with van der Waals surface area (Å²) in [6.07, 6.45) is 2.55. The topological polar surface area (TPSA) is 76.1 Å². The number of rotatable bonds is 10. The van der Waals surface area contributed by atoms with E-state index in [1.54, 1.807) is 49.6 Å². The Labute approximate surface area is 199 Å². The number of methoxy groups -OCH3 is 1. The molecule has 2 aromatic rings. The van der Waals surface area contributed by atoms with Crippen molar-refractivity contribution in [3.05, 3.63) is 69.8 Å². The number of nitrogens with zero attached hydrogens (tertiary/aromatic N) is 1. The third-order valence-corrected chi connectivity index (χ3v) is 5.93. The van der Waals surface area contributed by atoms with Crippen LogP contribution in [0, 0.1) is 6.92 Å². The molecule has 7 heteroatoms. The van der Waals surface area contributed by atoms with Crippen LogP contribution < -0.4 is 4.74 Å². The Balaban J connectivity index is 2.03. The number of benzene rings is 2. The van der Waals surface area contributed by atoms with Crippen LogP contribution in [0.25, 0.3) is 5.76 Å². The summed E-state index contributed by atoms with van der Waals surface area (Å²) in [4.78, 5) is 27.4. The Hall–Kier alpha value is -2.83. The summed E-state index contributed by atoms with van der Waals surface area (Å²) in [6, 6.07) is 11.5. The summed E-state index contributed by atoms with van der Waals surface area (Å²) in [7, 11) is 1.59. The fraction of sp³-hybridized carbons (Fsp3) is 0.385. The van der Waals surface area contributed by atoms with Crippen molar-refractivity contribution in [1.29, 1.82) is 0 Å². The van der Waals surface area contributed by atoms with Crippen LogP contribution in [-0.2, 0) is 14.3 Å². The number of ketones is 1. The number of amides is 1. The molecule has 0 aliphatic carbocycles. The van der Waals surface area contributed by atoms with E-state index in [0.717, 1.165) is 24.2 Å². The number of aryl methyl sites for hydroxylation is 1. The maximum Gasteiger partial charge on any atom is 0.295 e. The van der Waals surface area contributed by atoms with Crippen molar-refractivity contribution in [3.63, 3.8) is 0 Å². The number of likely N-dealkylation sites (tertiary alicyclic amines) is 1. The van der Waals surface area contributed by atoms with Gasteiger partial charge in [0.15, 0.2) is 0 Å². The maximum atomic E-state index is 13.0. The molecule has 33 heavy (non-hydrogen) atoms. The van der Waals surface area contributed by atoms with Crippen LogP contribution in [0.2, 0.25) is 5.02 Å². The molecular formula is C26H30ClNO5. The van der Waals surface area contributed by atoms with E-state index in [4.69, 9.17) is 21.1 Å². The number of unbranched alkanes of at least 4 members (excludes halogenated alkanes) is 1. The number of aliphatic hydroxyl groups is 1. The van der Waals surface area contributed by atoms with Crippen molar-refractivity contribution in [3.8, 4) is 5.75 Å². The average molecular weight is 472 g/mol. The smallest absolute Gasteiger partial charge is 0.295 e. The molecule has 1 heterocycles. The molecule has 0 aromatic heterocycles. The highest BCUT2D eigenvalue weighted by Gasteiger charge is 2.45. The molecule has 1 aliphatic rings. The SMILES string of the molecule is CCCCOc1ccc(C(O)=C2C(=O)C(=O)N(CCCOC)C2c2ccc(Cl)cc2)cc1C. The highest BCUT2D eigenvalue weighted by Crippen LogP contribution is 2.40. The third kappa shape index (κ3) is 5.57. The number of hydrogen-bond acceptors (Lipinski definition) is 5. The molecular weight excluding hydrogens is 442 g/mol. The van der Waals surface area contributed by atoms with Crippen LogP contribution in [0.1, 0.15) is 48.9 Å². The third-order valence-electron chi connectivity index (χ3n) is 5.68. The summed E-state index contributed by atoms with van der Waals surface area (Å²) in [5, 5.41) is 11.7. The fourth-order valence-electron chi connectivity index (χ4n) is 3.92. The summed E-state index contributed by atoms with van der Waals surface area (Å²) in [5.41, 5.74) is 2.07. The van der Waals surface area contributed by atoms with E-state index in [1.807, 2.05) is 6.92 Å². The molecule has 0 radical (unpaired) electrons. The van der Waals surface area contributed by atoms with Gasteiger partial charge in [0.25, 0.3) is 11.7 Å². The van der Waals surface area contributed by atoms with Gasteiger partial charge < -0.3 is 19.5 Å². The van der Waals surface area contributed by atoms with E-state index >= 15 is 0 Å². The van der Waals surface area contributed by atoms with E-state index in [0.29, 0.717) is 42.3 Å². The first-order chi connectivity index (χ1) is 15.9.